The van der Waals surface area contributed by atoms with Gasteiger partial charge in [0, 0.05) is 11.1 Å². The zero-order valence-electron chi connectivity index (χ0n) is 9.26. The maximum atomic E-state index is 12.2. The summed E-state index contributed by atoms with van der Waals surface area (Å²) >= 11 is 0. The van der Waals surface area contributed by atoms with E-state index in [1.165, 1.54) is 0 Å². The van der Waals surface area contributed by atoms with Gasteiger partial charge >= 0.3 is 0 Å². The second kappa shape index (κ2) is 5.16. The van der Waals surface area contributed by atoms with Gasteiger partial charge in [-0.05, 0) is 5.56 Å². The molecule has 17 heavy (non-hydrogen) atoms. The summed E-state index contributed by atoms with van der Waals surface area (Å²) in [5.74, 6) is -0.0233. The molecule has 84 valence electrons. The molecule has 3 nitrogen and oxygen atoms in total. The molecule has 0 aliphatic carbocycles. The lowest BCUT2D eigenvalue weighted by molar-refractivity contribution is 0.103. The summed E-state index contributed by atoms with van der Waals surface area (Å²) in [6.07, 6.45) is 0. The van der Waals surface area contributed by atoms with Gasteiger partial charge in [-0.3, -0.25) is 4.79 Å². The molecule has 1 N–H and O–H groups in total. The topological polar surface area (TPSA) is 53.3 Å². The Labute approximate surface area is 99.6 Å². The number of nitrogens with zero attached hydrogens (tertiary/aromatic N) is 1. The van der Waals surface area contributed by atoms with Crippen LogP contribution < -0.4 is 0 Å². The maximum absolute atomic E-state index is 12.2. The van der Waals surface area contributed by atoms with E-state index in [4.69, 9.17) is 5.53 Å². The molecule has 0 saturated carbocycles. The van der Waals surface area contributed by atoms with Crippen LogP contribution in [0.2, 0.25) is 0 Å². The van der Waals surface area contributed by atoms with Gasteiger partial charge in [0.15, 0.2) is 5.78 Å². The number of benzene rings is 2. The molecule has 3 heteroatoms. The molecule has 0 unspecified atom stereocenters. The van der Waals surface area contributed by atoms with Crippen molar-refractivity contribution in [1.82, 2.24) is 0 Å². The van der Waals surface area contributed by atoms with Crippen LogP contribution in [-0.4, -0.2) is 5.78 Å². The first kappa shape index (κ1) is 11.2. The average molecular weight is 224 g/mol. The molecule has 0 saturated heterocycles. The molecule has 0 atom stereocenters. The van der Waals surface area contributed by atoms with Crippen molar-refractivity contribution in [2.75, 3.05) is 0 Å². The first-order valence-corrected chi connectivity index (χ1v) is 5.34. The third-order valence-corrected chi connectivity index (χ3v) is 2.55. The Balaban J connectivity index is 2.40. The number of nitrogens with one attached hydrogen (secondary N) is 1. The van der Waals surface area contributed by atoms with Gasteiger partial charge < -0.3 is 0 Å². The van der Waals surface area contributed by atoms with E-state index in [2.05, 4.69) is 5.11 Å². The molecular weight excluding hydrogens is 212 g/mol. The monoisotopic (exact) mass is 224 g/mol. The largest absolute Gasteiger partial charge is 0.289 e. The molecule has 0 spiro atoms. The van der Waals surface area contributed by atoms with Crippen LogP contribution in [0.25, 0.3) is 0 Å². The van der Waals surface area contributed by atoms with E-state index in [0.717, 1.165) is 5.56 Å². The van der Waals surface area contributed by atoms with Crippen molar-refractivity contribution in [3.8, 4) is 0 Å². The van der Waals surface area contributed by atoms with Crippen molar-refractivity contribution < 1.29 is 4.79 Å². The highest BCUT2D eigenvalue weighted by atomic mass is 16.1. The Morgan fingerprint density at radius 1 is 1.00 bits per heavy atom. The number of carbonyl (C=O) groups excluding carboxylic acids is 1. The minimum atomic E-state index is -0.0233. The van der Waals surface area contributed by atoms with Gasteiger partial charge in [-0.1, -0.05) is 54.6 Å². The Kier molecular flexibility index (Phi) is 3.40. The Morgan fingerprint density at radius 2 is 1.65 bits per heavy atom. The second-order valence-electron chi connectivity index (χ2n) is 3.67. The molecule has 0 radical (unpaired) electrons. The fourth-order valence-electron chi connectivity index (χ4n) is 1.71. The summed E-state index contributed by atoms with van der Waals surface area (Å²) < 4.78 is 0. The molecule has 2 rings (SSSR count). The van der Waals surface area contributed by atoms with Crippen molar-refractivity contribution in [3.63, 3.8) is 0 Å². The molecule has 0 amide bonds. The zero-order valence-corrected chi connectivity index (χ0v) is 9.26. The maximum Gasteiger partial charge on any atom is 0.193 e. The van der Waals surface area contributed by atoms with Gasteiger partial charge in [-0.15, -0.1) is 0 Å². The smallest absolute Gasteiger partial charge is 0.193 e. The lowest BCUT2D eigenvalue weighted by Crippen LogP contribution is -2.04. The Hall–Kier alpha value is -2.29. The second-order valence-corrected chi connectivity index (χ2v) is 3.67. The fourth-order valence-corrected chi connectivity index (χ4v) is 1.71. The predicted octanol–water partition coefficient (Wildman–Crippen LogP) is 3.45. The molecule has 0 heterocycles. The number of carbonyl (C=O) groups is 1. The summed E-state index contributed by atoms with van der Waals surface area (Å²) in [4.78, 5) is 12.2. The Morgan fingerprint density at radius 3 is 2.35 bits per heavy atom. The van der Waals surface area contributed by atoms with Crippen LogP contribution in [-0.2, 0) is 6.54 Å². The van der Waals surface area contributed by atoms with Crippen molar-refractivity contribution in [1.29, 1.82) is 5.53 Å². The van der Waals surface area contributed by atoms with E-state index in [-0.39, 0.29) is 12.3 Å². The molecule has 0 bridgehead atoms. The van der Waals surface area contributed by atoms with Crippen LogP contribution >= 0.6 is 0 Å². The van der Waals surface area contributed by atoms with Crippen LogP contribution in [0, 0.1) is 5.53 Å². The van der Waals surface area contributed by atoms with Crippen LogP contribution in [0.4, 0.5) is 0 Å². The average Bonchev–Trinajstić information content (AvgIpc) is 2.40. The lowest BCUT2D eigenvalue weighted by Gasteiger charge is -2.05. The standard InChI is InChI=1S/C14H12N2O/c15-16-10-12-8-4-5-9-13(12)14(17)11-6-2-1-3-7-11/h1-9,15H,10H2. The Bertz CT molecular complexity index is 535. The van der Waals surface area contributed by atoms with Gasteiger partial charge in [0.1, 0.15) is 0 Å². The van der Waals surface area contributed by atoms with Crippen LogP contribution in [0.5, 0.6) is 0 Å². The van der Waals surface area contributed by atoms with Crippen LogP contribution in [0.15, 0.2) is 59.7 Å². The first-order chi connectivity index (χ1) is 8.33. The lowest BCUT2D eigenvalue weighted by atomic mass is 9.98. The zero-order chi connectivity index (χ0) is 12.1. The van der Waals surface area contributed by atoms with Gasteiger partial charge in [-0.25, -0.2) is 5.53 Å². The van der Waals surface area contributed by atoms with E-state index < -0.39 is 0 Å². The summed E-state index contributed by atoms with van der Waals surface area (Å²) in [6.45, 7) is 0.245. The molecular formula is C14H12N2O. The summed E-state index contributed by atoms with van der Waals surface area (Å²) in [5, 5.41) is 3.34. The number of hydrogen-bond acceptors (Lipinski definition) is 3. The molecule has 0 aromatic heterocycles. The van der Waals surface area contributed by atoms with E-state index in [9.17, 15) is 4.79 Å². The van der Waals surface area contributed by atoms with E-state index in [1.54, 1.807) is 18.2 Å². The highest BCUT2D eigenvalue weighted by Gasteiger charge is 2.12. The molecule has 0 aliphatic rings. The van der Waals surface area contributed by atoms with Gasteiger partial charge in [0.25, 0.3) is 0 Å². The first-order valence-electron chi connectivity index (χ1n) is 5.34. The minimum absolute atomic E-state index is 0.0233. The SMILES string of the molecule is N=NCc1ccccc1C(=O)c1ccccc1. The summed E-state index contributed by atoms with van der Waals surface area (Å²) in [6, 6.07) is 16.4. The van der Waals surface area contributed by atoms with Crippen LogP contribution in [0.3, 0.4) is 0 Å². The third kappa shape index (κ3) is 2.45. The van der Waals surface area contributed by atoms with E-state index >= 15 is 0 Å². The number of hydrogen-bond donors (Lipinski definition) is 1. The quantitative estimate of drug-likeness (QED) is 0.627. The van der Waals surface area contributed by atoms with Crippen LogP contribution in [0.1, 0.15) is 21.5 Å². The molecule has 0 aliphatic heterocycles. The van der Waals surface area contributed by atoms with Gasteiger partial charge in [-0.2, -0.15) is 5.11 Å². The van der Waals surface area contributed by atoms with Gasteiger partial charge in [0.2, 0.25) is 0 Å². The van der Waals surface area contributed by atoms with Crippen molar-refractivity contribution >= 4 is 5.78 Å². The predicted molar refractivity (Wildman–Crippen MR) is 65.2 cm³/mol. The fraction of sp³-hybridized carbons (Fsp3) is 0.0714. The normalized spacial score (nSPS) is 9.88. The van der Waals surface area contributed by atoms with E-state index in [1.807, 2.05) is 36.4 Å². The summed E-state index contributed by atoms with van der Waals surface area (Å²) in [5.41, 5.74) is 8.96. The minimum Gasteiger partial charge on any atom is -0.289 e. The van der Waals surface area contributed by atoms with Crippen molar-refractivity contribution in [2.45, 2.75) is 6.54 Å². The van der Waals surface area contributed by atoms with Crippen molar-refractivity contribution in [3.05, 3.63) is 71.3 Å². The molecule has 2 aromatic rings. The molecule has 2 aromatic carbocycles. The highest BCUT2D eigenvalue weighted by molar-refractivity contribution is 6.09. The highest BCUT2D eigenvalue weighted by Crippen LogP contribution is 2.15. The molecule has 0 fully saturated rings. The number of ketones is 1. The van der Waals surface area contributed by atoms with Crippen molar-refractivity contribution in [2.24, 2.45) is 5.11 Å². The van der Waals surface area contributed by atoms with E-state index in [0.29, 0.717) is 11.1 Å². The van der Waals surface area contributed by atoms with Gasteiger partial charge in [0.05, 0.1) is 6.54 Å². The summed E-state index contributed by atoms with van der Waals surface area (Å²) in [7, 11) is 0. The number of rotatable bonds is 4. The third-order valence-electron chi connectivity index (χ3n) is 2.55.